The highest BCUT2D eigenvalue weighted by atomic mass is 16.6. The van der Waals surface area contributed by atoms with E-state index in [0.717, 1.165) is 27.8 Å². The molecule has 11 heteroatoms. The number of methoxy groups -OCH3 is 1. The topological polar surface area (TPSA) is 147 Å². The quantitative estimate of drug-likeness (QED) is 0.138. The van der Waals surface area contributed by atoms with Crippen LogP contribution in [0, 0.1) is 28.6 Å². The molecule has 1 N–H and O–H groups in total. The molecular formula is C45H45NO10. The summed E-state index contributed by atoms with van der Waals surface area (Å²) in [7, 11) is 1.30. The van der Waals surface area contributed by atoms with Crippen LogP contribution in [0.3, 0.4) is 0 Å². The van der Waals surface area contributed by atoms with Gasteiger partial charge in [-0.2, -0.15) is 0 Å². The van der Waals surface area contributed by atoms with Gasteiger partial charge in [0.15, 0.2) is 11.9 Å². The van der Waals surface area contributed by atoms with E-state index in [0.29, 0.717) is 24.8 Å². The zero-order chi connectivity index (χ0) is 39.2. The van der Waals surface area contributed by atoms with Gasteiger partial charge in [-0.15, -0.1) is 0 Å². The number of esters is 3. The molecule has 1 aliphatic heterocycles. The van der Waals surface area contributed by atoms with Crippen LogP contribution < -0.4 is 5.32 Å². The molecule has 4 aromatic rings. The normalized spacial score (nSPS) is 28.4. The van der Waals surface area contributed by atoms with Crippen LogP contribution in [0.5, 0.6) is 0 Å². The zero-order valence-corrected chi connectivity index (χ0v) is 31.6. The van der Waals surface area contributed by atoms with Crippen LogP contribution in [0.2, 0.25) is 0 Å². The Morgan fingerprint density at radius 2 is 1.57 bits per heavy atom. The molecule has 8 rings (SSSR count). The van der Waals surface area contributed by atoms with Gasteiger partial charge < -0.3 is 28.7 Å². The Morgan fingerprint density at radius 3 is 2.23 bits per heavy atom. The third kappa shape index (κ3) is 6.46. The number of nitrogens with one attached hydrogen (secondary N) is 1. The van der Waals surface area contributed by atoms with E-state index < -0.39 is 70.8 Å². The highest BCUT2D eigenvalue weighted by molar-refractivity contribution is 5.94. The molecule has 0 spiro atoms. The maximum Gasteiger partial charge on any atom is 0.407 e. The molecule has 1 aromatic heterocycles. The largest absolute Gasteiger partial charge is 0.472 e. The Labute approximate surface area is 325 Å². The Balaban J connectivity index is 1.05. The molecule has 290 valence electrons. The Morgan fingerprint density at radius 1 is 0.893 bits per heavy atom. The van der Waals surface area contributed by atoms with Crippen molar-refractivity contribution in [2.24, 2.45) is 28.6 Å². The predicted octanol–water partition coefficient (Wildman–Crippen LogP) is 7.13. The number of alkyl carbamates (subject to hydrolysis) is 1. The minimum absolute atomic E-state index is 0.0388. The first kappa shape index (κ1) is 37.2. The number of ketones is 1. The van der Waals surface area contributed by atoms with Crippen molar-refractivity contribution in [3.8, 4) is 11.1 Å². The lowest BCUT2D eigenvalue weighted by molar-refractivity contribution is -0.210. The van der Waals surface area contributed by atoms with Gasteiger partial charge in [-0.25, -0.2) is 9.59 Å². The van der Waals surface area contributed by atoms with Crippen LogP contribution in [0.4, 0.5) is 4.79 Å². The third-order valence-electron chi connectivity index (χ3n) is 13.0. The van der Waals surface area contributed by atoms with Crippen molar-refractivity contribution in [3.05, 3.63) is 120 Å². The highest BCUT2D eigenvalue weighted by Gasteiger charge is 2.68. The van der Waals surface area contributed by atoms with Crippen molar-refractivity contribution < 1.29 is 47.3 Å². The summed E-state index contributed by atoms with van der Waals surface area (Å²) in [4.78, 5) is 69.8. The molecule has 0 unspecified atom stereocenters. The number of rotatable bonds is 9. The van der Waals surface area contributed by atoms with Crippen molar-refractivity contribution in [2.45, 2.75) is 70.1 Å². The van der Waals surface area contributed by atoms with Crippen LogP contribution in [-0.2, 0) is 44.5 Å². The van der Waals surface area contributed by atoms with Crippen molar-refractivity contribution in [1.29, 1.82) is 0 Å². The number of carbonyl (C=O) groups excluding carboxylic acids is 5. The second-order valence-electron chi connectivity index (χ2n) is 16.1. The summed E-state index contributed by atoms with van der Waals surface area (Å²) in [5.74, 6) is -4.60. The molecule has 2 heterocycles. The van der Waals surface area contributed by atoms with Gasteiger partial charge in [0, 0.05) is 30.2 Å². The van der Waals surface area contributed by atoms with Crippen LogP contribution in [-0.4, -0.2) is 55.6 Å². The predicted molar refractivity (Wildman–Crippen MR) is 202 cm³/mol. The summed E-state index contributed by atoms with van der Waals surface area (Å²) < 4.78 is 28.3. The first-order chi connectivity index (χ1) is 27.0. The monoisotopic (exact) mass is 759 g/mol. The van der Waals surface area contributed by atoms with Gasteiger partial charge >= 0.3 is 24.0 Å². The number of fused-ring (bicyclic) bond motifs is 6. The number of benzene rings is 3. The van der Waals surface area contributed by atoms with Gasteiger partial charge in [0.05, 0.1) is 31.5 Å². The summed E-state index contributed by atoms with van der Waals surface area (Å²) in [5, 5.41) is 2.72. The van der Waals surface area contributed by atoms with Crippen molar-refractivity contribution >= 4 is 29.8 Å². The van der Waals surface area contributed by atoms with Gasteiger partial charge in [0.1, 0.15) is 18.8 Å². The lowest BCUT2D eigenvalue weighted by Crippen LogP contribution is -2.65. The fourth-order valence-electron chi connectivity index (χ4n) is 10.3. The Kier molecular flexibility index (Phi) is 9.80. The van der Waals surface area contributed by atoms with E-state index in [9.17, 15) is 24.0 Å². The maximum absolute atomic E-state index is 14.9. The standard InChI is InChI=1S/C45H45NO10/c1-44-19-17-33-41(49)56-37(27-18-20-53-24-27)23-45(33,2)39(44)38(47)36(22-34(44)40(48)52-3)55-42(50)35(21-26-11-5-4-6-12-26)46-43(51)54-25-32-30-15-9-7-13-28(30)29-14-8-10-16-31(29)32/h4-16,18,20,24,32-37,39H,17,19,21-23,25H2,1-3H3,(H,46,51)/t33-,34-,35-,36-,37-,39-,44-,45-/m0/s1. The number of hydrogen-bond donors (Lipinski definition) is 1. The van der Waals surface area contributed by atoms with Gasteiger partial charge in [0.25, 0.3) is 0 Å². The number of furan rings is 1. The maximum atomic E-state index is 14.9. The SMILES string of the molecule is COC(=O)[C@@H]1C[C@H](OC(=O)[C@H](Cc2ccccc2)NC(=O)OCC2c3ccccc3-c3ccccc32)C(=O)[C@H]2[C@@]1(C)CC[C@H]1C(=O)O[C@H](c3ccoc3)C[C@]21C. The summed E-state index contributed by atoms with van der Waals surface area (Å²) in [6, 6.07) is 25.6. The van der Waals surface area contributed by atoms with Gasteiger partial charge in [0.2, 0.25) is 0 Å². The smallest absolute Gasteiger partial charge is 0.407 e. The van der Waals surface area contributed by atoms with Crippen LogP contribution in [0.15, 0.2) is 102 Å². The second kappa shape index (κ2) is 14.7. The fraction of sp³-hybridized carbons (Fsp3) is 0.400. The molecule has 1 saturated heterocycles. The van der Waals surface area contributed by atoms with Crippen molar-refractivity contribution in [2.75, 3.05) is 13.7 Å². The Bertz CT molecular complexity index is 2100. The number of ether oxygens (including phenoxy) is 4. The molecule has 1 amide bonds. The zero-order valence-electron chi connectivity index (χ0n) is 31.6. The molecule has 4 aliphatic rings. The van der Waals surface area contributed by atoms with Crippen molar-refractivity contribution in [3.63, 3.8) is 0 Å². The molecule has 11 nitrogen and oxygen atoms in total. The summed E-state index contributed by atoms with van der Waals surface area (Å²) in [6.45, 7) is 3.85. The van der Waals surface area contributed by atoms with E-state index in [1.54, 1.807) is 6.07 Å². The minimum atomic E-state index is -1.34. The number of Topliss-reactive ketones (excluding diaryl/α,β-unsaturated/α-hetero) is 1. The summed E-state index contributed by atoms with van der Waals surface area (Å²) in [5.41, 5.74) is 3.85. The lowest BCUT2D eigenvalue weighted by Gasteiger charge is -2.61. The molecule has 3 aromatic carbocycles. The molecule has 0 radical (unpaired) electrons. The molecule has 56 heavy (non-hydrogen) atoms. The van der Waals surface area contributed by atoms with Crippen molar-refractivity contribution in [1.82, 2.24) is 5.32 Å². The fourth-order valence-corrected chi connectivity index (χ4v) is 10.3. The Hall–Kier alpha value is -5.71. The van der Waals surface area contributed by atoms with E-state index in [4.69, 9.17) is 23.4 Å². The second-order valence-corrected chi connectivity index (χ2v) is 16.1. The third-order valence-corrected chi connectivity index (χ3v) is 13.0. The number of amides is 1. The minimum Gasteiger partial charge on any atom is -0.472 e. The van der Waals surface area contributed by atoms with E-state index >= 15 is 0 Å². The van der Waals surface area contributed by atoms with Crippen LogP contribution in [0.25, 0.3) is 11.1 Å². The van der Waals surface area contributed by atoms with Gasteiger partial charge in [-0.05, 0) is 64.0 Å². The molecule has 3 aliphatic carbocycles. The van der Waals surface area contributed by atoms with E-state index in [1.807, 2.05) is 92.7 Å². The summed E-state index contributed by atoms with van der Waals surface area (Å²) in [6.07, 6.45) is 1.31. The van der Waals surface area contributed by atoms with Gasteiger partial charge in [-0.1, -0.05) is 92.7 Å². The first-order valence-corrected chi connectivity index (χ1v) is 19.2. The van der Waals surface area contributed by atoms with Gasteiger partial charge in [-0.3, -0.25) is 14.4 Å². The molecule has 3 fully saturated rings. The molecular weight excluding hydrogens is 714 g/mol. The average Bonchev–Trinajstić information content (AvgIpc) is 3.85. The molecule has 8 atom stereocenters. The van der Waals surface area contributed by atoms with E-state index in [2.05, 4.69) is 5.32 Å². The highest BCUT2D eigenvalue weighted by Crippen LogP contribution is 2.65. The number of carbonyl (C=O) groups is 5. The van der Waals surface area contributed by atoms with Crippen LogP contribution in [0.1, 0.15) is 73.8 Å². The summed E-state index contributed by atoms with van der Waals surface area (Å²) >= 11 is 0. The molecule has 0 bridgehead atoms. The average molecular weight is 760 g/mol. The van der Waals surface area contributed by atoms with E-state index in [-0.39, 0.29) is 31.1 Å². The lowest BCUT2D eigenvalue weighted by atomic mass is 9.43. The number of cyclic esters (lactones) is 1. The molecule has 2 saturated carbocycles. The number of hydrogen-bond acceptors (Lipinski definition) is 10. The first-order valence-electron chi connectivity index (χ1n) is 19.2. The van der Waals surface area contributed by atoms with Crippen LogP contribution >= 0.6 is 0 Å². The van der Waals surface area contributed by atoms with E-state index in [1.165, 1.54) is 19.6 Å².